The van der Waals surface area contributed by atoms with E-state index in [2.05, 4.69) is 12.2 Å². The molecule has 2 aromatic rings. The van der Waals surface area contributed by atoms with Crippen LogP contribution in [0.15, 0.2) is 48.5 Å². The normalized spacial score (nSPS) is 17.1. The minimum absolute atomic E-state index is 0.135. The van der Waals surface area contributed by atoms with E-state index in [1.807, 2.05) is 53.4 Å². The Labute approximate surface area is 135 Å². The molecule has 1 heterocycles. The van der Waals surface area contributed by atoms with Crippen molar-refractivity contribution in [1.82, 2.24) is 0 Å². The van der Waals surface area contributed by atoms with Gasteiger partial charge in [0.05, 0.1) is 17.9 Å². The largest absolute Gasteiger partial charge is 0.372 e. The van der Waals surface area contributed by atoms with Gasteiger partial charge in [0.1, 0.15) is 6.04 Å². The molecule has 1 atom stereocenters. The van der Waals surface area contributed by atoms with Gasteiger partial charge in [-0.3, -0.25) is 4.79 Å². The lowest BCUT2D eigenvalue weighted by molar-refractivity contribution is -0.119. The molecule has 114 valence electrons. The monoisotopic (exact) mass is 314 g/mol. The van der Waals surface area contributed by atoms with E-state index in [1.165, 1.54) is 0 Å². The molecule has 2 aromatic carbocycles. The molecule has 0 spiro atoms. The van der Waals surface area contributed by atoms with Gasteiger partial charge in [0.15, 0.2) is 0 Å². The number of rotatable bonds is 4. The van der Waals surface area contributed by atoms with Crippen LogP contribution in [0.25, 0.3) is 0 Å². The molecule has 0 radical (unpaired) electrons. The van der Waals surface area contributed by atoms with Crippen LogP contribution in [0, 0.1) is 0 Å². The van der Waals surface area contributed by atoms with E-state index < -0.39 is 0 Å². The van der Waals surface area contributed by atoms with Crippen LogP contribution < -0.4 is 10.2 Å². The van der Waals surface area contributed by atoms with Gasteiger partial charge < -0.3 is 10.2 Å². The molecule has 3 nitrogen and oxygen atoms in total. The van der Waals surface area contributed by atoms with Gasteiger partial charge in [0.25, 0.3) is 0 Å². The molecule has 3 rings (SSSR count). The van der Waals surface area contributed by atoms with Gasteiger partial charge in [-0.1, -0.05) is 49.2 Å². The Morgan fingerprint density at radius 2 is 1.86 bits per heavy atom. The van der Waals surface area contributed by atoms with Crippen LogP contribution in [0.4, 0.5) is 11.4 Å². The summed E-state index contributed by atoms with van der Waals surface area (Å²) in [6.45, 7) is 2.66. The standard InChI is InChI=1S/C18H19ClN2O/c1-2-5-16-18(22)21(12-13-8-10-14(19)11-9-13)17-7-4-3-6-15(17)20-16/h3-4,6-11,16,20H,2,5,12H2,1H3. The van der Waals surface area contributed by atoms with E-state index in [1.54, 1.807) is 0 Å². The number of carbonyl (C=O) groups is 1. The molecule has 22 heavy (non-hydrogen) atoms. The molecule has 1 aliphatic heterocycles. The Morgan fingerprint density at radius 1 is 1.14 bits per heavy atom. The molecular weight excluding hydrogens is 296 g/mol. The summed E-state index contributed by atoms with van der Waals surface area (Å²) < 4.78 is 0. The molecular formula is C18H19ClN2O. The number of fused-ring (bicyclic) bond motifs is 1. The fourth-order valence-electron chi connectivity index (χ4n) is 2.81. The van der Waals surface area contributed by atoms with Gasteiger partial charge in [0, 0.05) is 5.02 Å². The summed E-state index contributed by atoms with van der Waals surface area (Å²) in [6.07, 6.45) is 1.81. The van der Waals surface area contributed by atoms with Crippen LogP contribution in [0.1, 0.15) is 25.3 Å². The minimum atomic E-state index is -0.146. The van der Waals surface area contributed by atoms with Crippen molar-refractivity contribution in [3.63, 3.8) is 0 Å². The van der Waals surface area contributed by atoms with Crippen LogP contribution in [-0.4, -0.2) is 11.9 Å². The Balaban J connectivity index is 1.92. The van der Waals surface area contributed by atoms with Crippen LogP contribution in [0.5, 0.6) is 0 Å². The molecule has 4 heteroatoms. The number of para-hydroxylation sites is 2. The Morgan fingerprint density at radius 3 is 2.59 bits per heavy atom. The van der Waals surface area contributed by atoms with Crippen molar-refractivity contribution in [3.05, 3.63) is 59.1 Å². The number of carbonyl (C=O) groups excluding carboxylic acids is 1. The maximum atomic E-state index is 12.8. The molecule has 1 amide bonds. The molecule has 0 aliphatic carbocycles. The van der Waals surface area contributed by atoms with Crippen LogP contribution >= 0.6 is 11.6 Å². The first-order chi connectivity index (χ1) is 10.7. The second kappa shape index (κ2) is 6.41. The predicted octanol–water partition coefficient (Wildman–Crippen LogP) is 4.47. The zero-order valence-electron chi connectivity index (χ0n) is 12.6. The van der Waals surface area contributed by atoms with Gasteiger partial charge in [-0.15, -0.1) is 0 Å². The highest BCUT2D eigenvalue weighted by atomic mass is 35.5. The van der Waals surface area contributed by atoms with Gasteiger partial charge >= 0.3 is 0 Å². The third kappa shape index (κ3) is 2.95. The Hall–Kier alpha value is -2.00. The number of amides is 1. The summed E-state index contributed by atoms with van der Waals surface area (Å²) in [5.74, 6) is 0.135. The summed E-state index contributed by atoms with van der Waals surface area (Å²) >= 11 is 5.94. The van der Waals surface area contributed by atoms with E-state index in [-0.39, 0.29) is 11.9 Å². The number of nitrogens with zero attached hydrogens (tertiary/aromatic N) is 1. The van der Waals surface area contributed by atoms with E-state index in [0.717, 1.165) is 29.8 Å². The summed E-state index contributed by atoms with van der Waals surface area (Å²) in [5, 5.41) is 4.07. The zero-order chi connectivity index (χ0) is 15.5. The fraction of sp³-hybridized carbons (Fsp3) is 0.278. The van der Waals surface area contributed by atoms with E-state index in [9.17, 15) is 4.79 Å². The molecule has 0 saturated carbocycles. The fourth-order valence-corrected chi connectivity index (χ4v) is 2.93. The van der Waals surface area contributed by atoms with Crippen molar-refractivity contribution in [2.75, 3.05) is 10.2 Å². The van der Waals surface area contributed by atoms with Crippen molar-refractivity contribution in [3.8, 4) is 0 Å². The average molecular weight is 315 g/mol. The third-order valence-corrected chi connectivity index (χ3v) is 4.17. The molecule has 1 aliphatic rings. The smallest absolute Gasteiger partial charge is 0.249 e. The highest BCUT2D eigenvalue weighted by Gasteiger charge is 2.31. The highest BCUT2D eigenvalue weighted by molar-refractivity contribution is 6.30. The topological polar surface area (TPSA) is 32.3 Å². The van der Waals surface area contributed by atoms with Crippen molar-refractivity contribution in [1.29, 1.82) is 0 Å². The lowest BCUT2D eigenvalue weighted by Gasteiger charge is -2.35. The first-order valence-electron chi connectivity index (χ1n) is 7.60. The first kappa shape index (κ1) is 14.9. The maximum absolute atomic E-state index is 12.8. The van der Waals surface area contributed by atoms with Crippen LogP contribution in [0.3, 0.4) is 0 Å². The Bertz CT molecular complexity index is 669. The molecule has 1 unspecified atom stereocenters. The van der Waals surface area contributed by atoms with Gasteiger partial charge in [-0.2, -0.15) is 0 Å². The van der Waals surface area contributed by atoms with Crippen LogP contribution in [-0.2, 0) is 11.3 Å². The quantitative estimate of drug-likeness (QED) is 0.903. The second-order valence-electron chi connectivity index (χ2n) is 5.55. The molecule has 0 aromatic heterocycles. The zero-order valence-corrected chi connectivity index (χ0v) is 13.3. The number of hydrogen-bond donors (Lipinski definition) is 1. The number of benzene rings is 2. The Kier molecular flexibility index (Phi) is 4.34. The first-order valence-corrected chi connectivity index (χ1v) is 7.98. The van der Waals surface area contributed by atoms with E-state index >= 15 is 0 Å². The van der Waals surface area contributed by atoms with Crippen molar-refractivity contribution in [2.24, 2.45) is 0 Å². The summed E-state index contributed by atoms with van der Waals surface area (Å²) in [6, 6.07) is 15.5. The van der Waals surface area contributed by atoms with Crippen molar-refractivity contribution < 1.29 is 4.79 Å². The number of nitrogens with one attached hydrogen (secondary N) is 1. The van der Waals surface area contributed by atoms with Gasteiger partial charge in [0.2, 0.25) is 5.91 Å². The molecule has 0 fully saturated rings. The molecule has 0 saturated heterocycles. The number of halogens is 1. The number of hydrogen-bond acceptors (Lipinski definition) is 2. The van der Waals surface area contributed by atoms with Crippen LogP contribution in [0.2, 0.25) is 5.02 Å². The third-order valence-electron chi connectivity index (χ3n) is 3.92. The van der Waals surface area contributed by atoms with Gasteiger partial charge in [-0.05, 0) is 36.2 Å². The van der Waals surface area contributed by atoms with Crippen molar-refractivity contribution in [2.45, 2.75) is 32.4 Å². The van der Waals surface area contributed by atoms with E-state index in [4.69, 9.17) is 11.6 Å². The summed E-state index contributed by atoms with van der Waals surface area (Å²) in [4.78, 5) is 14.7. The number of anilines is 2. The SMILES string of the molecule is CCCC1Nc2ccccc2N(Cc2ccc(Cl)cc2)C1=O. The molecule has 1 N–H and O–H groups in total. The average Bonchev–Trinajstić information content (AvgIpc) is 2.53. The molecule has 0 bridgehead atoms. The lowest BCUT2D eigenvalue weighted by Crippen LogP contribution is -2.46. The maximum Gasteiger partial charge on any atom is 0.249 e. The minimum Gasteiger partial charge on any atom is -0.372 e. The predicted molar refractivity (Wildman–Crippen MR) is 91.4 cm³/mol. The van der Waals surface area contributed by atoms with Gasteiger partial charge in [-0.25, -0.2) is 0 Å². The summed E-state index contributed by atoms with van der Waals surface area (Å²) in [7, 11) is 0. The highest BCUT2D eigenvalue weighted by Crippen LogP contribution is 2.33. The lowest BCUT2D eigenvalue weighted by atomic mass is 10.0. The van der Waals surface area contributed by atoms with E-state index in [0.29, 0.717) is 11.6 Å². The second-order valence-corrected chi connectivity index (χ2v) is 5.99. The van der Waals surface area contributed by atoms with Crippen molar-refractivity contribution >= 4 is 28.9 Å². The summed E-state index contributed by atoms with van der Waals surface area (Å²) in [5.41, 5.74) is 3.04.